The summed E-state index contributed by atoms with van der Waals surface area (Å²) in [6.45, 7) is 11.1. The van der Waals surface area contributed by atoms with E-state index in [9.17, 15) is 4.79 Å². The van der Waals surface area contributed by atoms with Gasteiger partial charge in [0.25, 0.3) is 0 Å². The van der Waals surface area contributed by atoms with Crippen molar-refractivity contribution >= 4 is 11.7 Å². The minimum atomic E-state index is -0.0117. The van der Waals surface area contributed by atoms with Gasteiger partial charge in [-0.2, -0.15) is 0 Å². The third-order valence-electron chi connectivity index (χ3n) is 3.00. The zero-order chi connectivity index (χ0) is 15.2. The average molecular weight is 277 g/mol. The van der Waals surface area contributed by atoms with Crippen molar-refractivity contribution in [2.45, 2.75) is 60.3 Å². The molecule has 0 N–H and O–H groups in total. The summed E-state index contributed by atoms with van der Waals surface area (Å²) in [5, 5.41) is 0. The summed E-state index contributed by atoms with van der Waals surface area (Å²) in [5.41, 5.74) is -0.0117. The van der Waals surface area contributed by atoms with E-state index in [1.807, 2.05) is 17.9 Å². The van der Waals surface area contributed by atoms with Gasteiger partial charge in [0, 0.05) is 25.6 Å². The first-order chi connectivity index (χ1) is 9.37. The van der Waals surface area contributed by atoms with Gasteiger partial charge in [0.15, 0.2) is 0 Å². The highest BCUT2D eigenvalue weighted by molar-refractivity contribution is 5.92. The first-order valence-corrected chi connectivity index (χ1v) is 7.49. The number of nitrogens with zero attached hydrogens (tertiary/aromatic N) is 3. The lowest BCUT2D eigenvalue weighted by Gasteiger charge is -2.26. The van der Waals surface area contributed by atoms with Crippen LogP contribution in [0.3, 0.4) is 0 Å². The van der Waals surface area contributed by atoms with Gasteiger partial charge < -0.3 is 0 Å². The van der Waals surface area contributed by atoms with E-state index < -0.39 is 0 Å². The van der Waals surface area contributed by atoms with E-state index in [1.54, 1.807) is 6.20 Å². The maximum Gasteiger partial charge on any atom is 0.228 e. The highest BCUT2D eigenvalue weighted by atomic mass is 16.2. The van der Waals surface area contributed by atoms with E-state index in [2.05, 4.69) is 37.7 Å². The van der Waals surface area contributed by atoms with Gasteiger partial charge in [-0.25, -0.2) is 9.97 Å². The number of hydrogen-bond acceptors (Lipinski definition) is 3. The SMILES string of the molecule is CCCCN(C(=O)CC(C)(C)C)c1ccnc(CC)n1. The van der Waals surface area contributed by atoms with Crippen molar-refractivity contribution in [3.8, 4) is 0 Å². The van der Waals surface area contributed by atoms with Gasteiger partial charge in [-0.1, -0.05) is 41.0 Å². The van der Waals surface area contributed by atoms with Crippen LogP contribution >= 0.6 is 0 Å². The molecule has 0 atom stereocenters. The Balaban J connectivity index is 2.95. The Morgan fingerprint density at radius 1 is 1.30 bits per heavy atom. The Hall–Kier alpha value is -1.45. The Labute approximate surface area is 122 Å². The quantitative estimate of drug-likeness (QED) is 0.798. The summed E-state index contributed by atoms with van der Waals surface area (Å²) in [5.74, 6) is 1.67. The second-order valence-corrected chi connectivity index (χ2v) is 6.32. The molecule has 4 heteroatoms. The number of carbonyl (C=O) groups excluding carboxylic acids is 1. The maximum atomic E-state index is 12.5. The molecule has 1 heterocycles. The third kappa shape index (κ3) is 5.27. The predicted octanol–water partition coefficient (Wildman–Crippen LogP) is 3.61. The Morgan fingerprint density at radius 3 is 2.55 bits per heavy atom. The monoisotopic (exact) mass is 277 g/mol. The van der Waals surface area contributed by atoms with Crippen molar-refractivity contribution in [3.63, 3.8) is 0 Å². The molecule has 0 saturated carbocycles. The van der Waals surface area contributed by atoms with Crippen LogP contribution in [0.2, 0.25) is 0 Å². The first-order valence-electron chi connectivity index (χ1n) is 7.49. The number of carbonyl (C=O) groups is 1. The highest BCUT2D eigenvalue weighted by Crippen LogP contribution is 2.22. The largest absolute Gasteiger partial charge is 0.297 e. The molecule has 0 aliphatic carbocycles. The van der Waals surface area contributed by atoms with Crippen molar-refractivity contribution in [2.75, 3.05) is 11.4 Å². The standard InChI is InChI=1S/C16H27N3O/c1-6-8-11-19(15(20)12-16(3,4)5)14-9-10-17-13(7-2)18-14/h9-10H,6-8,11-12H2,1-5H3. The van der Waals surface area contributed by atoms with Crippen molar-refractivity contribution < 1.29 is 4.79 Å². The predicted molar refractivity (Wildman–Crippen MR) is 82.7 cm³/mol. The van der Waals surface area contributed by atoms with Gasteiger partial charge in [0.05, 0.1) is 0 Å². The number of anilines is 1. The summed E-state index contributed by atoms with van der Waals surface area (Å²) >= 11 is 0. The van der Waals surface area contributed by atoms with Crippen LogP contribution < -0.4 is 4.90 Å². The molecule has 20 heavy (non-hydrogen) atoms. The Bertz CT molecular complexity index is 438. The number of aryl methyl sites for hydroxylation is 1. The van der Waals surface area contributed by atoms with Crippen LogP contribution in [0.4, 0.5) is 5.82 Å². The molecular formula is C16H27N3O. The molecule has 0 saturated heterocycles. The van der Waals surface area contributed by atoms with E-state index in [0.29, 0.717) is 6.42 Å². The number of aromatic nitrogens is 2. The van der Waals surface area contributed by atoms with E-state index in [0.717, 1.165) is 37.4 Å². The van der Waals surface area contributed by atoms with Gasteiger partial charge in [0.2, 0.25) is 5.91 Å². The molecule has 0 radical (unpaired) electrons. The van der Waals surface area contributed by atoms with Crippen LogP contribution in [-0.4, -0.2) is 22.4 Å². The molecule has 1 aromatic heterocycles. The average Bonchev–Trinajstić information content (AvgIpc) is 2.37. The summed E-state index contributed by atoms with van der Waals surface area (Å²) in [6.07, 6.45) is 5.10. The van der Waals surface area contributed by atoms with Crippen molar-refractivity contribution in [3.05, 3.63) is 18.1 Å². The topological polar surface area (TPSA) is 46.1 Å². The summed E-state index contributed by atoms with van der Waals surface area (Å²) < 4.78 is 0. The lowest BCUT2D eigenvalue weighted by Crippen LogP contribution is -2.35. The fraction of sp³-hybridized carbons (Fsp3) is 0.688. The molecule has 1 aromatic rings. The zero-order valence-corrected chi connectivity index (χ0v) is 13.4. The molecule has 0 bridgehead atoms. The molecule has 112 valence electrons. The van der Waals surface area contributed by atoms with Crippen LogP contribution in [0.5, 0.6) is 0 Å². The molecule has 0 aliphatic rings. The maximum absolute atomic E-state index is 12.5. The minimum Gasteiger partial charge on any atom is -0.297 e. The lowest BCUT2D eigenvalue weighted by molar-refractivity contribution is -0.120. The normalized spacial score (nSPS) is 11.4. The summed E-state index contributed by atoms with van der Waals surface area (Å²) in [6, 6.07) is 1.83. The number of amides is 1. The number of rotatable bonds is 6. The summed E-state index contributed by atoms with van der Waals surface area (Å²) in [7, 11) is 0. The molecule has 4 nitrogen and oxygen atoms in total. The second kappa shape index (κ2) is 7.36. The van der Waals surface area contributed by atoms with Gasteiger partial charge in [-0.05, 0) is 17.9 Å². The Kier molecular flexibility index (Phi) is 6.11. The zero-order valence-electron chi connectivity index (χ0n) is 13.4. The summed E-state index contributed by atoms with van der Waals surface area (Å²) in [4.78, 5) is 23.0. The lowest BCUT2D eigenvalue weighted by atomic mass is 9.91. The number of unbranched alkanes of at least 4 members (excludes halogenated alkanes) is 1. The molecule has 1 rings (SSSR count). The third-order valence-corrected chi connectivity index (χ3v) is 3.00. The van der Waals surface area contributed by atoms with Crippen molar-refractivity contribution in [1.82, 2.24) is 9.97 Å². The van der Waals surface area contributed by atoms with E-state index in [1.165, 1.54) is 0 Å². The first kappa shape index (κ1) is 16.6. The number of hydrogen-bond donors (Lipinski definition) is 0. The van der Waals surface area contributed by atoms with Crippen molar-refractivity contribution in [1.29, 1.82) is 0 Å². The van der Waals surface area contributed by atoms with Crippen LogP contribution in [-0.2, 0) is 11.2 Å². The van der Waals surface area contributed by atoms with Crippen LogP contribution in [0, 0.1) is 5.41 Å². The van der Waals surface area contributed by atoms with Gasteiger partial charge in [-0.15, -0.1) is 0 Å². The molecular weight excluding hydrogens is 250 g/mol. The van der Waals surface area contributed by atoms with Gasteiger partial charge in [0.1, 0.15) is 11.6 Å². The van der Waals surface area contributed by atoms with E-state index in [-0.39, 0.29) is 11.3 Å². The molecule has 0 aliphatic heterocycles. The second-order valence-electron chi connectivity index (χ2n) is 6.32. The molecule has 1 amide bonds. The van der Waals surface area contributed by atoms with Crippen LogP contribution in [0.1, 0.15) is 59.7 Å². The molecule has 0 fully saturated rings. The molecule has 0 spiro atoms. The Morgan fingerprint density at radius 2 is 2.00 bits per heavy atom. The van der Waals surface area contributed by atoms with Crippen LogP contribution in [0.25, 0.3) is 0 Å². The minimum absolute atomic E-state index is 0.0117. The molecule has 0 unspecified atom stereocenters. The van der Waals surface area contributed by atoms with E-state index in [4.69, 9.17) is 0 Å². The van der Waals surface area contributed by atoms with Crippen LogP contribution in [0.15, 0.2) is 12.3 Å². The van der Waals surface area contributed by atoms with Gasteiger partial charge in [-0.3, -0.25) is 9.69 Å². The smallest absolute Gasteiger partial charge is 0.228 e. The van der Waals surface area contributed by atoms with E-state index >= 15 is 0 Å². The fourth-order valence-corrected chi connectivity index (χ4v) is 1.94. The fourth-order valence-electron chi connectivity index (χ4n) is 1.94. The highest BCUT2D eigenvalue weighted by Gasteiger charge is 2.23. The van der Waals surface area contributed by atoms with Gasteiger partial charge >= 0.3 is 0 Å². The van der Waals surface area contributed by atoms with Crippen molar-refractivity contribution in [2.24, 2.45) is 5.41 Å². The molecule has 0 aromatic carbocycles.